The number of aryl methyl sites for hydroxylation is 1. The average Bonchev–Trinajstić information content (AvgIpc) is 2.73. The number of aromatic hydroxyl groups is 1. The van der Waals surface area contributed by atoms with E-state index in [2.05, 4.69) is 15.0 Å². The van der Waals surface area contributed by atoms with Crippen LogP contribution in [0.25, 0.3) is 10.8 Å². The highest BCUT2D eigenvalue weighted by molar-refractivity contribution is 5.99. The van der Waals surface area contributed by atoms with E-state index in [0.29, 0.717) is 17.5 Å². The van der Waals surface area contributed by atoms with Gasteiger partial charge in [-0.15, -0.1) is 0 Å². The van der Waals surface area contributed by atoms with E-state index in [1.54, 1.807) is 6.92 Å². The highest BCUT2D eigenvalue weighted by atomic mass is 19.4. The van der Waals surface area contributed by atoms with Gasteiger partial charge < -0.3 is 20.1 Å². The van der Waals surface area contributed by atoms with E-state index in [9.17, 15) is 33.0 Å². The van der Waals surface area contributed by atoms with Gasteiger partial charge in [0.05, 0.1) is 11.1 Å². The lowest BCUT2D eigenvalue weighted by molar-refractivity contribution is -0.254. The molecule has 10 heteroatoms. The first-order chi connectivity index (χ1) is 15.3. The molecule has 1 atom stereocenters. The third-order valence-electron chi connectivity index (χ3n) is 5.56. The van der Waals surface area contributed by atoms with Crippen LogP contribution in [0.4, 0.5) is 18.9 Å². The Morgan fingerprint density at radius 2 is 1.79 bits per heavy atom. The van der Waals surface area contributed by atoms with Gasteiger partial charge in [-0.2, -0.15) is 13.2 Å². The largest absolute Gasteiger partial charge is 0.508 e. The van der Waals surface area contributed by atoms with Crippen LogP contribution >= 0.6 is 0 Å². The van der Waals surface area contributed by atoms with Gasteiger partial charge in [-0.05, 0) is 41.7 Å². The van der Waals surface area contributed by atoms with Crippen molar-refractivity contribution in [2.75, 3.05) is 5.32 Å². The van der Waals surface area contributed by atoms with E-state index in [0.717, 1.165) is 0 Å². The molecule has 7 nitrogen and oxygen atoms in total. The lowest BCUT2D eigenvalue weighted by Crippen LogP contribution is -2.57. The molecule has 0 saturated carbocycles. The van der Waals surface area contributed by atoms with Crippen LogP contribution in [0.2, 0.25) is 0 Å². The molecule has 1 aromatic heterocycles. The van der Waals surface area contributed by atoms with Crippen molar-refractivity contribution in [3.05, 3.63) is 64.1 Å². The fraction of sp³-hybridized carbons (Fsp3) is 0.348. The summed E-state index contributed by atoms with van der Waals surface area (Å²) in [5.74, 6) is -1.94. The number of halogens is 3. The molecule has 0 bridgehead atoms. The van der Waals surface area contributed by atoms with Crippen LogP contribution in [0.3, 0.4) is 0 Å². The first-order valence-corrected chi connectivity index (χ1v) is 10.1. The number of hydrogen-bond acceptors (Lipinski definition) is 6. The molecular weight excluding hydrogens is 441 g/mol. The molecule has 0 saturated heterocycles. The molecule has 0 aliphatic heterocycles. The molecule has 33 heavy (non-hydrogen) atoms. The second-order valence-electron chi connectivity index (χ2n) is 8.42. The molecule has 3 aromatic rings. The summed E-state index contributed by atoms with van der Waals surface area (Å²) in [7, 11) is 0. The number of carbonyl (C=O) groups is 1. The number of hydrogen-bond donors (Lipinski definition) is 3. The number of nitrogens with one attached hydrogen (secondary N) is 1. The minimum atomic E-state index is -5.31. The van der Waals surface area contributed by atoms with Crippen molar-refractivity contribution in [1.29, 1.82) is 0 Å². The second-order valence-corrected chi connectivity index (χ2v) is 8.42. The highest BCUT2D eigenvalue weighted by Crippen LogP contribution is 2.43. The number of rotatable bonds is 6. The molecule has 1 unspecified atom stereocenters. The second kappa shape index (κ2) is 8.51. The molecule has 0 fully saturated rings. The Balaban J connectivity index is 1.99. The lowest BCUT2D eigenvalue weighted by Gasteiger charge is -2.36. The number of aromatic nitrogens is 1. The SMILES string of the molecule is CCc1noc(=O)c2ccc(NC(=O)C(O)(CC(C)(C)c3ccccc3O)C(F)(F)F)cc12. The van der Waals surface area contributed by atoms with Crippen LogP contribution in [0, 0.1) is 0 Å². The lowest BCUT2D eigenvalue weighted by atomic mass is 9.74. The number of carbonyl (C=O) groups excluding carboxylic acids is 1. The predicted molar refractivity (Wildman–Crippen MR) is 115 cm³/mol. The topological polar surface area (TPSA) is 113 Å². The number of fused-ring (bicyclic) bond motifs is 1. The quantitative estimate of drug-likeness (QED) is 0.507. The van der Waals surface area contributed by atoms with E-state index >= 15 is 0 Å². The van der Waals surface area contributed by atoms with Crippen molar-refractivity contribution >= 4 is 22.4 Å². The number of nitrogens with zero attached hydrogens (tertiary/aromatic N) is 1. The van der Waals surface area contributed by atoms with Crippen molar-refractivity contribution in [2.24, 2.45) is 0 Å². The molecule has 0 spiro atoms. The van der Waals surface area contributed by atoms with Gasteiger partial charge in [0.2, 0.25) is 5.60 Å². The summed E-state index contributed by atoms with van der Waals surface area (Å²) < 4.78 is 46.7. The summed E-state index contributed by atoms with van der Waals surface area (Å²) in [6.07, 6.45) is -5.99. The monoisotopic (exact) mass is 464 g/mol. The zero-order valence-electron chi connectivity index (χ0n) is 18.2. The van der Waals surface area contributed by atoms with Gasteiger partial charge >= 0.3 is 11.8 Å². The van der Waals surface area contributed by atoms with Crippen molar-refractivity contribution in [1.82, 2.24) is 5.16 Å². The van der Waals surface area contributed by atoms with Crippen molar-refractivity contribution in [2.45, 2.75) is 50.8 Å². The Labute approximate surface area is 186 Å². The first-order valence-electron chi connectivity index (χ1n) is 10.1. The van der Waals surface area contributed by atoms with Crippen molar-refractivity contribution in [3.8, 4) is 5.75 Å². The first kappa shape index (κ1) is 24.2. The van der Waals surface area contributed by atoms with Crippen LogP contribution in [0.15, 0.2) is 51.8 Å². The highest BCUT2D eigenvalue weighted by Gasteiger charge is 2.61. The molecule has 176 valence electrons. The standard InChI is InChI=1S/C23H23F3N2O5/c1-4-17-15-11-13(9-10-14(15)19(30)33-28-17)27-20(31)22(32,23(24,25)26)12-21(2,3)16-7-5-6-8-18(16)29/h5-11,29,32H,4,12H2,1-3H3,(H,27,31). The molecular formula is C23H23F3N2O5. The molecule has 0 radical (unpaired) electrons. The number of amides is 1. The number of aliphatic hydroxyl groups is 1. The minimum absolute atomic E-state index is 0.0577. The fourth-order valence-corrected chi connectivity index (χ4v) is 3.81. The molecule has 0 aliphatic carbocycles. The Morgan fingerprint density at radius 1 is 1.12 bits per heavy atom. The molecule has 3 rings (SSSR count). The smallest absolute Gasteiger partial charge is 0.426 e. The predicted octanol–water partition coefficient (Wildman–Crippen LogP) is 4.06. The van der Waals surface area contributed by atoms with Gasteiger partial charge in [-0.3, -0.25) is 4.79 Å². The van der Waals surface area contributed by atoms with Crippen LogP contribution in [0.1, 0.15) is 38.4 Å². The summed E-state index contributed by atoms with van der Waals surface area (Å²) in [6.45, 7) is 4.53. The number of anilines is 1. The van der Waals surface area contributed by atoms with E-state index in [4.69, 9.17) is 0 Å². The molecule has 0 aliphatic rings. The molecule has 2 aromatic carbocycles. The van der Waals surface area contributed by atoms with Crippen molar-refractivity contribution < 1.29 is 32.7 Å². The zero-order valence-corrected chi connectivity index (χ0v) is 18.2. The maximum absolute atomic E-state index is 14.0. The van der Waals surface area contributed by atoms with Gasteiger partial charge in [0.25, 0.3) is 5.91 Å². The fourth-order valence-electron chi connectivity index (χ4n) is 3.81. The van der Waals surface area contributed by atoms with E-state index in [1.165, 1.54) is 56.3 Å². The van der Waals surface area contributed by atoms with Crippen LogP contribution in [-0.2, 0) is 16.6 Å². The van der Waals surface area contributed by atoms with Gasteiger partial charge in [0.1, 0.15) is 5.75 Å². The van der Waals surface area contributed by atoms with Gasteiger partial charge in [0, 0.05) is 17.5 Å². The van der Waals surface area contributed by atoms with E-state index in [-0.39, 0.29) is 22.4 Å². The minimum Gasteiger partial charge on any atom is -0.508 e. The number of alkyl halides is 3. The number of phenolic OH excluding ortho intramolecular Hbond substituents is 1. The number of phenols is 1. The van der Waals surface area contributed by atoms with Gasteiger partial charge in [0.15, 0.2) is 0 Å². The summed E-state index contributed by atoms with van der Waals surface area (Å²) >= 11 is 0. The Hall–Kier alpha value is -3.40. The van der Waals surface area contributed by atoms with Crippen LogP contribution in [-0.4, -0.2) is 33.1 Å². The summed E-state index contributed by atoms with van der Waals surface area (Å²) in [6, 6.07) is 9.64. The van der Waals surface area contributed by atoms with Crippen LogP contribution in [0.5, 0.6) is 5.75 Å². The van der Waals surface area contributed by atoms with Crippen molar-refractivity contribution in [3.63, 3.8) is 0 Å². The van der Waals surface area contributed by atoms with Crippen LogP contribution < -0.4 is 10.9 Å². The third-order valence-corrected chi connectivity index (χ3v) is 5.56. The number of para-hydroxylation sites is 1. The normalized spacial score (nSPS) is 14.2. The van der Waals surface area contributed by atoms with E-state index < -0.39 is 35.1 Å². The Morgan fingerprint density at radius 3 is 2.39 bits per heavy atom. The summed E-state index contributed by atoms with van der Waals surface area (Å²) in [5.41, 5.74) is -5.44. The Kier molecular flexibility index (Phi) is 6.25. The van der Waals surface area contributed by atoms with Gasteiger partial charge in [-0.1, -0.05) is 44.1 Å². The third kappa shape index (κ3) is 4.56. The number of benzene rings is 2. The molecule has 3 N–H and O–H groups in total. The average molecular weight is 464 g/mol. The Bertz CT molecular complexity index is 1250. The molecule has 1 heterocycles. The van der Waals surface area contributed by atoms with Gasteiger partial charge in [-0.25, -0.2) is 4.79 Å². The summed E-state index contributed by atoms with van der Waals surface area (Å²) in [4.78, 5) is 24.7. The maximum Gasteiger partial charge on any atom is 0.426 e. The summed E-state index contributed by atoms with van der Waals surface area (Å²) in [5, 5.41) is 27.0. The van der Waals surface area contributed by atoms with E-state index in [1.807, 2.05) is 0 Å². The molecule has 1 amide bonds. The maximum atomic E-state index is 14.0. The zero-order chi connectivity index (χ0) is 24.6.